The highest BCUT2D eigenvalue weighted by molar-refractivity contribution is 5.67. The molecule has 0 aliphatic rings. The van der Waals surface area contributed by atoms with Crippen LogP contribution < -0.4 is 0 Å². The SMILES string of the molecule is CN(C)CCOCCOCCOCCOCCOCCN(C)C(=O)OC(C)(C)C. The minimum Gasteiger partial charge on any atom is -0.444 e. The van der Waals surface area contributed by atoms with Crippen LogP contribution in [0.15, 0.2) is 0 Å². The molecule has 0 aliphatic carbocycles. The van der Waals surface area contributed by atoms with Gasteiger partial charge < -0.3 is 38.2 Å². The first-order valence-corrected chi connectivity index (χ1v) is 10.2. The van der Waals surface area contributed by atoms with E-state index in [0.717, 1.165) is 6.54 Å². The van der Waals surface area contributed by atoms with Crippen molar-refractivity contribution >= 4 is 6.09 Å². The molecular weight excluding hydrogens is 380 g/mol. The fraction of sp³-hybridized carbons (Fsp3) is 0.950. The van der Waals surface area contributed by atoms with Gasteiger partial charge in [-0.1, -0.05) is 0 Å². The molecule has 0 radical (unpaired) electrons. The van der Waals surface area contributed by atoms with Gasteiger partial charge in [-0.2, -0.15) is 0 Å². The van der Waals surface area contributed by atoms with Crippen LogP contribution in [-0.2, 0) is 28.4 Å². The average molecular weight is 423 g/mol. The molecule has 0 saturated carbocycles. The summed E-state index contributed by atoms with van der Waals surface area (Å²) in [5, 5.41) is 0. The molecule has 0 fully saturated rings. The minimum atomic E-state index is -0.492. The average Bonchev–Trinajstić information content (AvgIpc) is 2.62. The lowest BCUT2D eigenvalue weighted by atomic mass is 10.2. The molecule has 9 heteroatoms. The molecule has 0 N–H and O–H groups in total. The van der Waals surface area contributed by atoms with Crippen molar-refractivity contribution in [2.45, 2.75) is 26.4 Å². The summed E-state index contributed by atoms with van der Waals surface area (Å²) in [7, 11) is 5.72. The zero-order valence-corrected chi connectivity index (χ0v) is 19.2. The van der Waals surface area contributed by atoms with Gasteiger partial charge in [0.1, 0.15) is 5.60 Å². The van der Waals surface area contributed by atoms with Crippen LogP contribution in [0.2, 0.25) is 0 Å². The first-order chi connectivity index (χ1) is 13.7. The van der Waals surface area contributed by atoms with Crippen LogP contribution >= 0.6 is 0 Å². The number of carbonyl (C=O) groups is 1. The zero-order valence-electron chi connectivity index (χ0n) is 19.2. The maximum absolute atomic E-state index is 11.8. The van der Waals surface area contributed by atoms with Gasteiger partial charge in [0.2, 0.25) is 0 Å². The second kappa shape index (κ2) is 17.9. The Bertz CT molecular complexity index is 390. The monoisotopic (exact) mass is 422 g/mol. The normalized spacial score (nSPS) is 11.8. The predicted octanol–water partition coefficient (Wildman–Crippen LogP) is 1.50. The number of hydrogen-bond donors (Lipinski definition) is 0. The van der Waals surface area contributed by atoms with Crippen molar-refractivity contribution in [2.75, 3.05) is 100 Å². The molecule has 0 unspecified atom stereocenters. The van der Waals surface area contributed by atoms with E-state index in [0.29, 0.717) is 72.6 Å². The third-order valence-electron chi connectivity index (χ3n) is 3.45. The second-order valence-corrected chi connectivity index (χ2v) is 7.77. The molecule has 0 bridgehead atoms. The second-order valence-electron chi connectivity index (χ2n) is 7.77. The van der Waals surface area contributed by atoms with Gasteiger partial charge in [0, 0.05) is 20.1 Å². The largest absolute Gasteiger partial charge is 0.444 e. The highest BCUT2D eigenvalue weighted by atomic mass is 16.6. The van der Waals surface area contributed by atoms with E-state index in [1.165, 1.54) is 4.90 Å². The standard InChI is InChI=1S/C20H42N2O7/c1-20(2,3)29-19(23)22(6)8-10-25-12-14-27-16-18-28-17-15-26-13-11-24-9-7-21(4)5/h7-18H2,1-6H3. The number of rotatable bonds is 18. The maximum Gasteiger partial charge on any atom is 0.410 e. The molecule has 174 valence electrons. The van der Waals surface area contributed by atoms with Gasteiger partial charge in [-0.15, -0.1) is 0 Å². The van der Waals surface area contributed by atoms with Crippen LogP contribution in [0.3, 0.4) is 0 Å². The number of amides is 1. The zero-order chi connectivity index (χ0) is 22.0. The molecule has 9 nitrogen and oxygen atoms in total. The smallest absolute Gasteiger partial charge is 0.410 e. The summed E-state index contributed by atoms with van der Waals surface area (Å²) < 4.78 is 32.4. The van der Waals surface area contributed by atoms with Gasteiger partial charge in [-0.05, 0) is 34.9 Å². The lowest BCUT2D eigenvalue weighted by molar-refractivity contribution is -0.0135. The van der Waals surface area contributed by atoms with Crippen molar-refractivity contribution in [1.29, 1.82) is 0 Å². The van der Waals surface area contributed by atoms with Crippen molar-refractivity contribution in [2.24, 2.45) is 0 Å². The quantitative estimate of drug-likeness (QED) is 0.308. The Labute approximate surface area is 176 Å². The molecule has 1 amide bonds. The summed E-state index contributed by atoms with van der Waals surface area (Å²) >= 11 is 0. The number of carbonyl (C=O) groups excluding carboxylic acids is 1. The number of hydrogen-bond acceptors (Lipinski definition) is 8. The van der Waals surface area contributed by atoms with E-state index < -0.39 is 5.60 Å². The highest BCUT2D eigenvalue weighted by Crippen LogP contribution is 2.08. The van der Waals surface area contributed by atoms with E-state index in [2.05, 4.69) is 4.90 Å². The van der Waals surface area contributed by atoms with Crippen molar-refractivity contribution in [3.63, 3.8) is 0 Å². The molecule has 0 heterocycles. The lowest BCUT2D eigenvalue weighted by Gasteiger charge is -2.24. The Hall–Kier alpha value is -0.970. The molecule has 0 aliphatic heterocycles. The summed E-state index contributed by atoms with van der Waals surface area (Å²) in [5.41, 5.74) is -0.492. The Morgan fingerprint density at radius 2 is 0.966 bits per heavy atom. The van der Waals surface area contributed by atoms with Crippen molar-refractivity contribution in [1.82, 2.24) is 9.80 Å². The Morgan fingerprint density at radius 3 is 1.31 bits per heavy atom. The van der Waals surface area contributed by atoms with Crippen LogP contribution in [0.4, 0.5) is 4.79 Å². The van der Waals surface area contributed by atoms with Gasteiger partial charge in [-0.3, -0.25) is 0 Å². The minimum absolute atomic E-state index is 0.352. The van der Waals surface area contributed by atoms with E-state index in [4.69, 9.17) is 28.4 Å². The summed E-state index contributed by atoms with van der Waals surface area (Å²) in [4.78, 5) is 15.3. The molecule has 0 atom stereocenters. The third kappa shape index (κ3) is 21.6. The van der Waals surface area contributed by atoms with Gasteiger partial charge in [0.25, 0.3) is 0 Å². The molecule has 0 aromatic carbocycles. The molecule has 0 aromatic rings. The van der Waals surface area contributed by atoms with Crippen molar-refractivity contribution in [3.8, 4) is 0 Å². The summed E-state index contributed by atoms with van der Waals surface area (Å²) in [6.07, 6.45) is -0.352. The van der Waals surface area contributed by atoms with Gasteiger partial charge in [0.15, 0.2) is 0 Å². The van der Waals surface area contributed by atoms with E-state index in [-0.39, 0.29) is 6.09 Å². The van der Waals surface area contributed by atoms with Gasteiger partial charge in [-0.25, -0.2) is 4.79 Å². The number of ether oxygens (including phenoxy) is 6. The third-order valence-corrected chi connectivity index (χ3v) is 3.45. The number of nitrogens with zero attached hydrogens (tertiary/aromatic N) is 2. The van der Waals surface area contributed by atoms with Gasteiger partial charge >= 0.3 is 6.09 Å². The maximum atomic E-state index is 11.8. The Kier molecular flexibility index (Phi) is 17.3. The van der Waals surface area contributed by atoms with Gasteiger partial charge in [0.05, 0.1) is 66.1 Å². The fourth-order valence-electron chi connectivity index (χ4n) is 1.86. The van der Waals surface area contributed by atoms with E-state index in [1.807, 2.05) is 34.9 Å². The van der Waals surface area contributed by atoms with E-state index >= 15 is 0 Å². The molecular formula is C20H42N2O7. The Balaban J connectivity index is 3.25. The van der Waals surface area contributed by atoms with Crippen LogP contribution in [0, 0.1) is 0 Å². The van der Waals surface area contributed by atoms with Crippen LogP contribution in [0.1, 0.15) is 20.8 Å². The molecule has 0 aromatic heterocycles. The first-order valence-electron chi connectivity index (χ1n) is 10.2. The first kappa shape index (κ1) is 28.0. The summed E-state index contributed by atoms with van der Waals surface area (Å²) in [5.74, 6) is 0. The Morgan fingerprint density at radius 1 is 0.621 bits per heavy atom. The van der Waals surface area contributed by atoms with Crippen LogP contribution in [-0.4, -0.2) is 122 Å². The summed E-state index contributed by atoms with van der Waals surface area (Å²) in [6, 6.07) is 0. The van der Waals surface area contributed by atoms with Crippen LogP contribution in [0.5, 0.6) is 0 Å². The molecule has 0 rings (SSSR count). The molecule has 0 saturated heterocycles. The summed E-state index contributed by atoms with van der Waals surface area (Å²) in [6.45, 7) is 12.3. The predicted molar refractivity (Wildman–Crippen MR) is 112 cm³/mol. The topological polar surface area (TPSA) is 78.9 Å². The fourth-order valence-corrected chi connectivity index (χ4v) is 1.86. The molecule has 0 spiro atoms. The number of likely N-dealkylation sites (N-methyl/N-ethyl adjacent to an activating group) is 2. The van der Waals surface area contributed by atoms with E-state index in [1.54, 1.807) is 7.05 Å². The highest BCUT2D eigenvalue weighted by Gasteiger charge is 2.19. The molecule has 29 heavy (non-hydrogen) atoms. The van der Waals surface area contributed by atoms with E-state index in [9.17, 15) is 4.79 Å². The van der Waals surface area contributed by atoms with Crippen molar-refractivity contribution in [3.05, 3.63) is 0 Å². The lowest BCUT2D eigenvalue weighted by Crippen LogP contribution is -2.36. The van der Waals surface area contributed by atoms with Crippen LogP contribution in [0.25, 0.3) is 0 Å². The van der Waals surface area contributed by atoms with Crippen molar-refractivity contribution < 1.29 is 33.2 Å².